The van der Waals surface area contributed by atoms with Gasteiger partial charge in [0.2, 0.25) is 0 Å². The molecule has 5 heteroatoms. The van der Waals surface area contributed by atoms with Crippen molar-refractivity contribution in [1.29, 1.82) is 0 Å². The molecule has 3 unspecified atom stereocenters. The van der Waals surface area contributed by atoms with E-state index in [1.54, 1.807) is 6.92 Å². The molecule has 1 N–H and O–H groups in total. The van der Waals surface area contributed by atoms with Crippen LogP contribution in [0.15, 0.2) is 0 Å². The quantitative estimate of drug-likeness (QED) is 0.474. The summed E-state index contributed by atoms with van der Waals surface area (Å²) in [5, 5.41) is 8.73. The normalized spacial score (nSPS) is 41.3. The lowest BCUT2D eigenvalue weighted by molar-refractivity contribution is -0.161. The molecule has 1 saturated heterocycles. The summed E-state index contributed by atoms with van der Waals surface area (Å²) in [6.07, 6.45) is 0.346. The van der Waals surface area contributed by atoms with Crippen molar-refractivity contribution in [2.75, 3.05) is 0 Å². The highest BCUT2D eigenvalue weighted by Gasteiger charge is 2.81. The average Bonchev–Trinajstić information content (AvgIpc) is 2.67. The smallest absolute Gasteiger partial charge is 0.321 e. The maximum absolute atomic E-state index is 11.2. The van der Waals surface area contributed by atoms with Crippen LogP contribution in [0.25, 0.3) is 0 Å². The van der Waals surface area contributed by atoms with E-state index in [1.165, 1.54) is 0 Å². The second-order valence-corrected chi connectivity index (χ2v) is 3.40. The molecule has 1 aliphatic heterocycles. The number of esters is 2. The van der Waals surface area contributed by atoms with E-state index in [0.29, 0.717) is 6.42 Å². The van der Waals surface area contributed by atoms with E-state index in [9.17, 15) is 14.4 Å². The Labute approximate surface area is 73.7 Å². The van der Waals surface area contributed by atoms with Gasteiger partial charge in [-0.1, -0.05) is 6.92 Å². The van der Waals surface area contributed by atoms with Crippen molar-refractivity contribution >= 4 is 17.9 Å². The molecule has 1 heterocycles. The van der Waals surface area contributed by atoms with Crippen molar-refractivity contribution in [2.24, 2.45) is 17.3 Å². The number of carbonyl (C=O) groups excluding carboxylic acids is 2. The molecule has 5 nitrogen and oxygen atoms in total. The van der Waals surface area contributed by atoms with Gasteiger partial charge in [0.1, 0.15) is 0 Å². The molecular weight excluding hydrogens is 176 g/mol. The van der Waals surface area contributed by atoms with Crippen LogP contribution in [0.3, 0.4) is 0 Å². The minimum Gasteiger partial charge on any atom is -0.481 e. The minimum atomic E-state index is -1.09. The number of rotatable bonds is 2. The number of hydrogen-bond donors (Lipinski definition) is 1. The van der Waals surface area contributed by atoms with E-state index in [2.05, 4.69) is 4.74 Å². The van der Waals surface area contributed by atoms with Crippen molar-refractivity contribution in [3.63, 3.8) is 0 Å². The molecule has 1 aliphatic carbocycles. The van der Waals surface area contributed by atoms with E-state index in [1.807, 2.05) is 0 Å². The van der Waals surface area contributed by atoms with Gasteiger partial charge in [0.05, 0.1) is 17.3 Å². The topological polar surface area (TPSA) is 80.7 Å². The SMILES string of the molecule is CCC12C(=O)OC(=O)C1C2C(=O)O. The second kappa shape index (κ2) is 2.10. The van der Waals surface area contributed by atoms with Crippen molar-refractivity contribution in [3.05, 3.63) is 0 Å². The molecule has 2 fully saturated rings. The standard InChI is InChI=1S/C8H8O5/c1-2-8-3(5(9)10)4(8)6(11)13-7(8)12/h3-4H,2H2,1H3,(H,9,10). The zero-order valence-corrected chi connectivity index (χ0v) is 6.94. The Bertz CT molecular complexity index is 314. The highest BCUT2D eigenvalue weighted by molar-refractivity contribution is 6.09. The zero-order valence-electron chi connectivity index (χ0n) is 6.94. The predicted octanol–water partition coefficient (Wildman–Crippen LogP) is -0.203. The van der Waals surface area contributed by atoms with Gasteiger partial charge in [0.25, 0.3) is 0 Å². The fourth-order valence-corrected chi connectivity index (χ4v) is 2.24. The Morgan fingerprint density at radius 3 is 2.54 bits per heavy atom. The summed E-state index contributed by atoms with van der Waals surface area (Å²) < 4.78 is 4.36. The zero-order chi connectivity index (χ0) is 9.80. The predicted molar refractivity (Wildman–Crippen MR) is 38.4 cm³/mol. The van der Waals surface area contributed by atoms with Crippen molar-refractivity contribution in [3.8, 4) is 0 Å². The third-order valence-corrected chi connectivity index (χ3v) is 3.01. The lowest BCUT2D eigenvalue weighted by atomic mass is 10.0. The molecule has 0 spiro atoms. The van der Waals surface area contributed by atoms with Gasteiger partial charge in [0, 0.05) is 0 Å². The summed E-state index contributed by atoms with van der Waals surface area (Å²) in [6.45, 7) is 1.69. The molecule has 3 atom stereocenters. The summed E-state index contributed by atoms with van der Waals surface area (Å²) in [7, 11) is 0. The Morgan fingerprint density at radius 2 is 2.23 bits per heavy atom. The summed E-state index contributed by atoms with van der Waals surface area (Å²) >= 11 is 0. The number of aliphatic carboxylic acids is 1. The fourth-order valence-electron chi connectivity index (χ4n) is 2.24. The van der Waals surface area contributed by atoms with E-state index < -0.39 is 35.2 Å². The van der Waals surface area contributed by atoms with Crippen LogP contribution in [-0.2, 0) is 19.1 Å². The van der Waals surface area contributed by atoms with Gasteiger partial charge in [-0.3, -0.25) is 14.4 Å². The van der Waals surface area contributed by atoms with Crippen LogP contribution in [0.2, 0.25) is 0 Å². The number of ether oxygens (including phenoxy) is 1. The van der Waals surface area contributed by atoms with Gasteiger partial charge in [-0.05, 0) is 6.42 Å². The maximum Gasteiger partial charge on any atom is 0.321 e. The maximum atomic E-state index is 11.2. The van der Waals surface area contributed by atoms with Crippen LogP contribution >= 0.6 is 0 Å². The molecule has 0 bridgehead atoms. The first kappa shape index (κ1) is 8.22. The summed E-state index contributed by atoms with van der Waals surface area (Å²) in [5.41, 5.74) is -1.04. The van der Waals surface area contributed by atoms with Gasteiger partial charge in [-0.25, -0.2) is 0 Å². The van der Waals surface area contributed by atoms with Crippen molar-refractivity contribution in [2.45, 2.75) is 13.3 Å². The third-order valence-electron chi connectivity index (χ3n) is 3.01. The van der Waals surface area contributed by atoms with Gasteiger partial charge in [0.15, 0.2) is 0 Å². The van der Waals surface area contributed by atoms with Crippen molar-refractivity contribution in [1.82, 2.24) is 0 Å². The van der Waals surface area contributed by atoms with E-state index in [4.69, 9.17) is 5.11 Å². The monoisotopic (exact) mass is 184 g/mol. The van der Waals surface area contributed by atoms with Gasteiger partial charge in [-0.2, -0.15) is 0 Å². The van der Waals surface area contributed by atoms with Crippen LogP contribution in [0.5, 0.6) is 0 Å². The first-order valence-corrected chi connectivity index (χ1v) is 4.04. The van der Waals surface area contributed by atoms with E-state index in [0.717, 1.165) is 0 Å². The van der Waals surface area contributed by atoms with Crippen LogP contribution in [0.4, 0.5) is 0 Å². The molecule has 0 aromatic carbocycles. The average molecular weight is 184 g/mol. The van der Waals surface area contributed by atoms with Gasteiger partial charge in [-0.15, -0.1) is 0 Å². The molecule has 13 heavy (non-hydrogen) atoms. The molecule has 0 radical (unpaired) electrons. The van der Waals surface area contributed by atoms with E-state index >= 15 is 0 Å². The Kier molecular flexibility index (Phi) is 1.33. The van der Waals surface area contributed by atoms with Crippen LogP contribution in [0, 0.1) is 17.3 Å². The summed E-state index contributed by atoms with van der Waals surface area (Å²) in [5.74, 6) is -4.03. The van der Waals surface area contributed by atoms with Crippen LogP contribution < -0.4 is 0 Å². The number of fused-ring (bicyclic) bond motifs is 1. The van der Waals surface area contributed by atoms with Crippen LogP contribution in [0.1, 0.15) is 13.3 Å². The molecular formula is C8H8O5. The molecule has 2 aliphatic rings. The number of hydrogen-bond acceptors (Lipinski definition) is 4. The Balaban J connectivity index is 2.37. The molecule has 2 rings (SSSR count). The van der Waals surface area contributed by atoms with Gasteiger partial charge < -0.3 is 9.84 Å². The van der Waals surface area contributed by atoms with Crippen molar-refractivity contribution < 1.29 is 24.2 Å². The van der Waals surface area contributed by atoms with Crippen LogP contribution in [-0.4, -0.2) is 23.0 Å². The third kappa shape index (κ3) is 0.696. The molecule has 0 amide bonds. The number of carboxylic acid groups (broad SMARTS) is 1. The number of cyclic esters (lactones) is 2. The summed E-state index contributed by atoms with van der Waals surface area (Å²) in [4.78, 5) is 32.9. The highest BCUT2D eigenvalue weighted by Crippen LogP contribution is 2.65. The molecule has 1 saturated carbocycles. The lowest BCUT2D eigenvalue weighted by Gasteiger charge is -2.05. The first-order chi connectivity index (χ1) is 6.05. The Morgan fingerprint density at radius 1 is 1.62 bits per heavy atom. The summed E-state index contributed by atoms with van der Waals surface area (Å²) in [6, 6.07) is 0. The second-order valence-electron chi connectivity index (χ2n) is 3.40. The largest absolute Gasteiger partial charge is 0.481 e. The molecule has 70 valence electrons. The molecule has 0 aromatic heterocycles. The number of carboxylic acids is 1. The Hall–Kier alpha value is -1.39. The lowest BCUT2D eigenvalue weighted by Crippen LogP contribution is -2.21. The van der Waals surface area contributed by atoms with Gasteiger partial charge >= 0.3 is 17.9 Å². The number of carbonyl (C=O) groups is 3. The van der Waals surface area contributed by atoms with E-state index in [-0.39, 0.29) is 0 Å². The first-order valence-electron chi connectivity index (χ1n) is 4.04. The minimum absolute atomic E-state index is 0.346. The highest BCUT2D eigenvalue weighted by atomic mass is 16.6. The fraction of sp³-hybridized carbons (Fsp3) is 0.625. The molecule has 0 aromatic rings.